The molecule has 102 valence electrons. The Bertz CT molecular complexity index is 400. The molecule has 0 amide bonds. The third kappa shape index (κ3) is 3.64. The summed E-state index contributed by atoms with van der Waals surface area (Å²) < 4.78 is 10.7. The average Bonchev–Trinajstić information content (AvgIpc) is 2.36. The molecule has 0 saturated carbocycles. The predicted octanol–water partition coefficient (Wildman–Crippen LogP) is 2.94. The Morgan fingerprint density at radius 3 is 2.17 bits per heavy atom. The molecule has 0 fully saturated rings. The van der Waals surface area contributed by atoms with E-state index in [1.807, 2.05) is 13.1 Å². The summed E-state index contributed by atoms with van der Waals surface area (Å²) in [5.74, 6) is 1.60. The molecule has 18 heavy (non-hydrogen) atoms. The molecular formula is C15H25NO2. The molecule has 3 nitrogen and oxygen atoms in total. The van der Waals surface area contributed by atoms with Gasteiger partial charge in [0.15, 0.2) is 11.5 Å². The van der Waals surface area contributed by atoms with Crippen molar-refractivity contribution in [3.63, 3.8) is 0 Å². The van der Waals surface area contributed by atoms with Gasteiger partial charge in [0, 0.05) is 5.54 Å². The highest BCUT2D eigenvalue weighted by Crippen LogP contribution is 2.31. The number of aryl methyl sites for hydroxylation is 2. The molecule has 0 aliphatic rings. The van der Waals surface area contributed by atoms with Crippen LogP contribution >= 0.6 is 0 Å². The van der Waals surface area contributed by atoms with Crippen molar-refractivity contribution >= 4 is 0 Å². The van der Waals surface area contributed by atoms with Crippen molar-refractivity contribution in [3.05, 3.63) is 23.3 Å². The van der Waals surface area contributed by atoms with E-state index in [1.165, 1.54) is 11.1 Å². The fourth-order valence-electron chi connectivity index (χ4n) is 1.86. The summed E-state index contributed by atoms with van der Waals surface area (Å²) in [7, 11) is 5.34. The first-order valence-electron chi connectivity index (χ1n) is 6.34. The van der Waals surface area contributed by atoms with Crippen molar-refractivity contribution in [2.45, 2.75) is 39.2 Å². The van der Waals surface area contributed by atoms with Crippen molar-refractivity contribution < 1.29 is 9.47 Å². The Morgan fingerprint density at radius 2 is 1.67 bits per heavy atom. The lowest BCUT2D eigenvalue weighted by atomic mass is 9.93. The number of ether oxygens (including phenoxy) is 2. The second-order valence-electron chi connectivity index (χ2n) is 5.27. The lowest BCUT2D eigenvalue weighted by Crippen LogP contribution is -2.36. The van der Waals surface area contributed by atoms with Gasteiger partial charge in [-0.1, -0.05) is 0 Å². The lowest BCUT2D eigenvalue weighted by molar-refractivity contribution is 0.353. The van der Waals surface area contributed by atoms with Crippen LogP contribution in [0.3, 0.4) is 0 Å². The van der Waals surface area contributed by atoms with Crippen LogP contribution in [0.2, 0.25) is 0 Å². The van der Waals surface area contributed by atoms with E-state index in [1.54, 1.807) is 14.2 Å². The van der Waals surface area contributed by atoms with Crippen LogP contribution in [0.25, 0.3) is 0 Å². The van der Waals surface area contributed by atoms with Crippen LogP contribution in [0.1, 0.15) is 31.4 Å². The maximum atomic E-state index is 5.35. The van der Waals surface area contributed by atoms with E-state index in [-0.39, 0.29) is 5.54 Å². The molecule has 0 aromatic heterocycles. The average molecular weight is 251 g/mol. The Kier molecular flexibility index (Phi) is 5.03. The molecule has 0 radical (unpaired) electrons. The van der Waals surface area contributed by atoms with E-state index >= 15 is 0 Å². The van der Waals surface area contributed by atoms with Gasteiger partial charge in [-0.3, -0.25) is 0 Å². The first kappa shape index (κ1) is 14.8. The van der Waals surface area contributed by atoms with Crippen LogP contribution in [-0.2, 0) is 6.42 Å². The minimum Gasteiger partial charge on any atom is -0.493 e. The first-order chi connectivity index (χ1) is 8.43. The summed E-state index contributed by atoms with van der Waals surface area (Å²) in [6.45, 7) is 6.54. The zero-order valence-electron chi connectivity index (χ0n) is 12.4. The van der Waals surface area contributed by atoms with Gasteiger partial charge in [-0.2, -0.15) is 0 Å². The molecule has 0 aliphatic carbocycles. The van der Waals surface area contributed by atoms with Crippen LogP contribution in [0.5, 0.6) is 11.5 Å². The number of hydrogen-bond donors (Lipinski definition) is 1. The highest BCUT2D eigenvalue weighted by molar-refractivity contribution is 5.47. The van der Waals surface area contributed by atoms with Crippen LogP contribution in [0.15, 0.2) is 12.1 Å². The SMILES string of the molecule is CNC(C)(C)CCc1cc(OC)c(OC)cc1C. The lowest BCUT2D eigenvalue weighted by Gasteiger charge is -2.24. The van der Waals surface area contributed by atoms with E-state index < -0.39 is 0 Å². The fraction of sp³-hybridized carbons (Fsp3) is 0.600. The van der Waals surface area contributed by atoms with Crippen LogP contribution in [-0.4, -0.2) is 26.8 Å². The highest BCUT2D eigenvalue weighted by Gasteiger charge is 2.16. The third-order valence-electron chi connectivity index (χ3n) is 3.54. The standard InChI is InChI=1S/C15H25NO2/c1-11-9-13(17-5)14(18-6)10-12(11)7-8-15(2,3)16-4/h9-10,16H,7-8H2,1-6H3. The summed E-state index contributed by atoms with van der Waals surface area (Å²) in [4.78, 5) is 0. The summed E-state index contributed by atoms with van der Waals surface area (Å²) in [6.07, 6.45) is 2.11. The quantitative estimate of drug-likeness (QED) is 0.843. The predicted molar refractivity (Wildman–Crippen MR) is 75.7 cm³/mol. The number of hydrogen-bond acceptors (Lipinski definition) is 3. The second kappa shape index (κ2) is 6.10. The van der Waals surface area contributed by atoms with Crippen molar-refractivity contribution in [1.29, 1.82) is 0 Å². The second-order valence-corrected chi connectivity index (χ2v) is 5.27. The van der Waals surface area contributed by atoms with E-state index in [9.17, 15) is 0 Å². The molecule has 0 heterocycles. The molecule has 1 N–H and O–H groups in total. The summed E-state index contributed by atoms with van der Waals surface area (Å²) in [6, 6.07) is 4.13. The molecule has 1 aromatic rings. The van der Waals surface area contributed by atoms with Gasteiger partial charge >= 0.3 is 0 Å². The maximum absolute atomic E-state index is 5.35. The first-order valence-corrected chi connectivity index (χ1v) is 6.34. The maximum Gasteiger partial charge on any atom is 0.161 e. The van der Waals surface area contributed by atoms with Crippen molar-refractivity contribution in [2.24, 2.45) is 0 Å². The molecule has 1 aromatic carbocycles. The summed E-state index contributed by atoms with van der Waals surface area (Å²) >= 11 is 0. The Morgan fingerprint density at radius 1 is 1.11 bits per heavy atom. The van der Waals surface area contributed by atoms with Gasteiger partial charge < -0.3 is 14.8 Å². The van der Waals surface area contributed by atoms with E-state index in [2.05, 4.69) is 32.2 Å². The molecule has 0 unspecified atom stereocenters. The molecule has 0 spiro atoms. The van der Waals surface area contributed by atoms with Gasteiger partial charge in [-0.25, -0.2) is 0 Å². The molecule has 1 rings (SSSR count). The molecule has 0 aliphatic heterocycles. The monoisotopic (exact) mass is 251 g/mol. The minimum atomic E-state index is 0.152. The van der Waals surface area contributed by atoms with Gasteiger partial charge in [0.05, 0.1) is 14.2 Å². The molecule has 3 heteroatoms. The highest BCUT2D eigenvalue weighted by atomic mass is 16.5. The van der Waals surface area contributed by atoms with Crippen LogP contribution in [0.4, 0.5) is 0 Å². The largest absolute Gasteiger partial charge is 0.493 e. The number of nitrogens with one attached hydrogen (secondary N) is 1. The van der Waals surface area contributed by atoms with Crippen molar-refractivity contribution in [3.8, 4) is 11.5 Å². The Balaban J connectivity index is 2.89. The topological polar surface area (TPSA) is 30.5 Å². The van der Waals surface area contributed by atoms with Gasteiger partial charge in [-0.05, 0) is 63.9 Å². The molecule has 0 bridgehead atoms. The summed E-state index contributed by atoms with van der Waals surface area (Å²) in [5.41, 5.74) is 2.72. The van der Waals surface area contributed by atoms with Crippen molar-refractivity contribution in [1.82, 2.24) is 5.32 Å². The fourth-order valence-corrected chi connectivity index (χ4v) is 1.86. The smallest absolute Gasteiger partial charge is 0.161 e. The third-order valence-corrected chi connectivity index (χ3v) is 3.54. The van der Waals surface area contributed by atoms with Crippen molar-refractivity contribution in [2.75, 3.05) is 21.3 Å². The minimum absolute atomic E-state index is 0.152. The Hall–Kier alpha value is -1.22. The molecule has 0 saturated heterocycles. The zero-order chi connectivity index (χ0) is 13.8. The van der Waals surface area contributed by atoms with Crippen LogP contribution < -0.4 is 14.8 Å². The van der Waals surface area contributed by atoms with Gasteiger partial charge in [0.2, 0.25) is 0 Å². The summed E-state index contributed by atoms with van der Waals surface area (Å²) in [5, 5.41) is 3.33. The van der Waals surface area contributed by atoms with Gasteiger partial charge in [-0.15, -0.1) is 0 Å². The molecular weight excluding hydrogens is 226 g/mol. The van der Waals surface area contributed by atoms with Crippen LogP contribution in [0, 0.1) is 6.92 Å². The normalized spacial score (nSPS) is 11.4. The number of benzene rings is 1. The van der Waals surface area contributed by atoms with E-state index in [0.717, 1.165) is 24.3 Å². The Labute approximate surface area is 110 Å². The van der Waals surface area contributed by atoms with Gasteiger partial charge in [0.25, 0.3) is 0 Å². The number of rotatable bonds is 6. The number of methoxy groups -OCH3 is 2. The zero-order valence-corrected chi connectivity index (χ0v) is 12.4. The van der Waals surface area contributed by atoms with E-state index in [0.29, 0.717) is 0 Å². The molecule has 0 atom stereocenters. The van der Waals surface area contributed by atoms with Gasteiger partial charge in [0.1, 0.15) is 0 Å². The van der Waals surface area contributed by atoms with E-state index in [4.69, 9.17) is 9.47 Å².